The average Bonchev–Trinajstić information content (AvgIpc) is 3.26. The van der Waals surface area contributed by atoms with Crippen LogP contribution in [0.3, 0.4) is 0 Å². The summed E-state index contributed by atoms with van der Waals surface area (Å²) in [6.45, 7) is 0. The molecule has 29 heavy (non-hydrogen) atoms. The highest BCUT2D eigenvalue weighted by Gasteiger charge is 2.27. The maximum absolute atomic E-state index is 12.7. The van der Waals surface area contributed by atoms with Gasteiger partial charge in [0.2, 0.25) is 0 Å². The molecular weight excluding hydrogens is 364 g/mol. The first-order valence-corrected chi connectivity index (χ1v) is 9.82. The average molecular weight is 384 g/mol. The Labute approximate surface area is 168 Å². The van der Waals surface area contributed by atoms with Crippen molar-refractivity contribution >= 4 is 29.2 Å². The van der Waals surface area contributed by atoms with Gasteiger partial charge < -0.3 is 15.4 Å². The Hall–Kier alpha value is -3.60. The first-order valence-electron chi connectivity index (χ1n) is 9.82. The molecule has 0 bridgehead atoms. The summed E-state index contributed by atoms with van der Waals surface area (Å²) in [6.07, 6.45) is 5.43. The van der Waals surface area contributed by atoms with E-state index in [9.17, 15) is 14.7 Å². The van der Waals surface area contributed by atoms with E-state index >= 15 is 0 Å². The molecule has 2 heterocycles. The highest BCUT2D eigenvalue weighted by molar-refractivity contribution is 6.35. The van der Waals surface area contributed by atoms with E-state index < -0.39 is 5.97 Å². The number of amides is 1. The number of anilines is 1. The Balaban J connectivity index is 1.58. The van der Waals surface area contributed by atoms with E-state index in [4.69, 9.17) is 0 Å². The smallest absolute Gasteiger partial charge is 0.352 e. The van der Waals surface area contributed by atoms with Gasteiger partial charge in [0.05, 0.1) is 5.57 Å². The summed E-state index contributed by atoms with van der Waals surface area (Å²) in [5, 5.41) is 12.5. The lowest BCUT2D eigenvalue weighted by molar-refractivity contribution is -0.110. The van der Waals surface area contributed by atoms with Crippen molar-refractivity contribution in [3.05, 3.63) is 76.6 Å². The van der Waals surface area contributed by atoms with Gasteiger partial charge in [-0.05, 0) is 60.1 Å². The van der Waals surface area contributed by atoms with Gasteiger partial charge in [0, 0.05) is 16.9 Å². The van der Waals surface area contributed by atoms with Gasteiger partial charge in [-0.15, -0.1) is 0 Å². The van der Waals surface area contributed by atoms with Gasteiger partial charge in [-0.3, -0.25) is 4.79 Å². The molecule has 2 aliphatic rings. The van der Waals surface area contributed by atoms with Gasteiger partial charge in [0.25, 0.3) is 5.91 Å². The van der Waals surface area contributed by atoms with Crippen LogP contribution in [-0.4, -0.2) is 22.0 Å². The molecule has 1 aliphatic carbocycles. The van der Waals surface area contributed by atoms with Crippen LogP contribution in [0.2, 0.25) is 0 Å². The van der Waals surface area contributed by atoms with Gasteiger partial charge in [0.1, 0.15) is 5.69 Å². The second-order valence-electron chi connectivity index (χ2n) is 7.52. The van der Waals surface area contributed by atoms with Crippen LogP contribution in [0.5, 0.6) is 0 Å². The van der Waals surface area contributed by atoms with Crippen molar-refractivity contribution in [3.8, 4) is 11.1 Å². The number of hydrogen-bond acceptors (Lipinski definition) is 2. The second kappa shape index (κ2) is 6.78. The number of aromatic amines is 1. The molecule has 1 amide bonds. The molecule has 2 aromatic carbocycles. The normalized spacial score (nSPS) is 16.4. The maximum Gasteiger partial charge on any atom is 0.352 e. The molecule has 0 unspecified atom stereocenters. The SMILES string of the molecule is O=C1Nc2cc(-c3ccccc3)ccc2/C1=C/c1[nH]c(C(=O)O)c2c1CCCC2. The van der Waals surface area contributed by atoms with Crippen LogP contribution < -0.4 is 5.32 Å². The molecule has 3 aromatic rings. The van der Waals surface area contributed by atoms with Gasteiger partial charge in [-0.25, -0.2) is 4.79 Å². The maximum atomic E-state index is 12.7. The molecule has 0 radical (unpaired) electrons. The summed E-state index contributed by atoms with van der Waals surface area (Å²) >= 11 is 0. The van der Waals surface area contributed by atoms with Crippen molar-refractivity contribution in [3.63, 3.8) is 0 Å². The lowest BCUT2D eigenvalue weighted by atomic mass is 9.91. The standard InChI is InChI=1S/C24H20N2O3/c27-23-19(13-21-16-8-4-5-9-18(16)22(25-21)24(28)29)17-11-10-15(12-20(17)26-23)14-6-2-1-3-7-14/h1-3,6-7,10-13,25H,4-5,8-9H2,(H,26,27)(H,28,29)/b19-13-. The fourth-order valence-corrected chi connectivity index (χ4v) is 4.36. The predicted octanol–water partition coefficient (Wildman–Crippen LogP) is 4.75. The monoisotopic (exact) mass is 384 g/mol. The topological polar surface area (TPSA) is 82.2 Å². The van der Waals surface area contributed by atoms with Crippen LogP contribution in [0.15, 0.2) is 48.5 Å². The Morgan fingerprint density at radius 3 is 2.48 bits per heavy atom. The number of carbonyl (C=O) groups excluding carboxylic acids is 1. The van der Waals surface area contributed by atoms with Gasteiger partial charge >= 0.3 is 5.97 Å². The van der Waals surface area contributed by atoms with Crippen LogP contribution in [0.25, 0.3) is 22.8 Å². The predicted molar refractivity (Wildman–Crippen MR) is 113 cm³/mol. The molecule has 0 fully saturated rings. The number of hydrogen-bond donors (Lipinski definition) is 3. The number of aromatic carboxylic acids is 1. The van der Waals surface area contributed by atoms with Crippen molar-refractivity contribution in [2.45, 2.75) is 25.7 Å². The Kier molecular flexibility index (Phi) is 4.09. The molecule has 144 valence electrons. The number of rotatable bonds is 3. The molecule has 0 atom stereocenters. The minimum Gasteiger partial charge on any atom is -0.477 e. The number of H-pyrrole nitrogens is 1. The zero-order chi connectivity index (χ0) is 20.0. The third kappa shape index (κ3) is 2.95. The van der Waals surface area contributed by atoms with Gasteiger partial charge in [-0.2, -0.15) is 0 Å². The van der Waals surface area contributed by atoms with Crippen LogP contribution >= 0.6 is 0 Å². The number of benzene rings is 2. The van der Waals surface area contributed by atoms with E-state index in [0.717, 1.165) is 64.9 Å². The summed E-state index contributed by atoms with van der Waals surface area (Å²) in [7, 11) is 0. The molecule has 0 saturated carbocycles. The molecule has 1 aliphatic heterocycles. The minimum absolute atomic E-state index is 0.166. The summed E-state index contributed by atoms with van der Waals surface area (Å²) in [4.78, 5) is 27.4. The Morgan fingerprint density at radius 1 is 0.966 bits per heavy atom. The van der Waals surface area contributed by atoms with E-state index in [1.54, 1.807) is 6.08 Å². The Bertz CT molecular complexity index is 1170. The first kappa shape index (κ1) is 17.5. The van der Waals surface area contributed by atoms with Crippen LogP contribution in [0, 0.1) is 0 Å². The second-order valence-corrected chi connectivity index (χ2v) is 7.52. The van der Waals surface area contributed by atoms with Crippen LogP contribution in [0.4, 0.5) is 5.69 Å². The minimum atomic E-state index is -0.948. The van der Waals surface area contributed by atoms with Crippen molar-refractivity contribution in [2.24, 2.45) is 0 Å². The third-order valence-electron chi connectivity index (χ3n) is 5.77. The number of carbonyl (C=O) groups is 2. The third-order valence-corrected chi connectivity index (χ3v) is 5.77. The number of nitrogens with one attached hydrogen (secondary N) is 2. The molecular formula is C24H20N2O3. The number of carboxylic acids is 1. The Morgan fingerprint density at radius 2 is 1.72 bits per heavy atom. The van der Waals surface area contributed by atoms with Gasteiger partial charge in [-0.1, -0.05) is 42.5 Å². The number of carboxylic acid groups (broad SMARTS) is 1. The summed E-state index contributed by atoms with van der Waals surface area (Å²) in [5.74, 6) is -1.11. The van der Waals surface area contributed by atoms with Crippen molar-refractivity contribution in [1.29, 1.82) is 0 Å². The quantitative estimate of drug-likeness (QED) is 0.570. The summed E-state index contributed by atoms with van der Waals surface area (Å²) < 4.78 is 0. The van der Waals surface area contributed by atoms with E-state index in [1.807, 2.05) is 48.5 Å². The van der Waals surface area contributed by atoms with E-state index in [-0.39, 0.29) is 11.6 Å². The zero-order valence-electron chi connectivity index (χ0n) is 15.8. The highest BCUT2D eigenvalue weighted by atomic mass is 16.4. The van der Waals surface area contributed by atoms with Crippen molar-refractivity contribution in [1.82, 2.24) is 4.98 Å². The molecule has 5 rings (SSSR count). The summed E-state index contributed by atoms with van der Waals surface area (Å²) in [5.41, 5.74) is 7.21. The molecule has 5 nitrogen and oxygen atoms in total. The van der Waals surface area contributed by atoms with Crippen molar-refractivity contribution in [2.75, 3.05) is 5.32 Å². The van der Waals surface area contributed by atoms with Crippen molar-refractivity contribution < 1.29 is 14.7 Å². The molecule has 3 N–H and O–H groups in total. The van der Waals surface area contributed by atoms with Gasteiger partial charge in [0.15, 0.2) is 0 Å². The molecule has 0 saturated heterocycles. The summed E-state index contributed by atoms with van der Waals surface area (Å²) in [6, 6.07) is 16.0. The van der Waals surface area contributed by atoms with Crippen LogP contribution in [0.1, 0.15) is 45.7 Å². The fraction of sp³-hybridized carbons (Fsp3) is 0.167. The highest BCUT2D eigenvalue weighted by Crippen LogP contribution is 2.37. The van der Waals surface area contributed by atoms with E-state index in [0.29, 0.717) is 5.57 Å². The van der Waals surface area contributed by atoms with E-state index in [2.05, 4.69) is 10.3 Å². The van der Waals surface area contributed by atoms with E-state index in [1.165, 1.54) is 0 Å². The lowest BCUT2D eigenvalue weighted by Crippen LogP contribution is -2.06. The van der Waals surface area contributed by atoms with Crippen LogP contribution in [-0.2, 0) is 17.6 Å². The molecule has 1 aromatic heterocycles. The molecule has 5 heteroatoms. The lowest BCUT2D eigenvalue weighted by Gasteiger charge is -2.12. The number of fused-ring (bicyclic) bond motifs is 2. The fourth-order valence-electron chi connectivity index (χ4n) is 4.36. The molecule has 0 spiro atoms. The first-order chi connectivity index (χ1) is 14.1. The zero-order valence-corrected chi connectivity index (χ0v) is 15.8. The largest absolute Gasteiger partial charge is 0.477 e. The number of aromatic nitrogens is 1.